The van der Waals surface area contributed by atoms with E-state index in [-0.39, 0.29) is 10.6 Å². The third kappa shape index (κ3) is 3.47. The lowest BCUT2D eigenvalue weighted by Crippen LogP contribution is -2.19. The first-order valence-corrected chi connectivity index (χ1v) is 7.12. The Hall–Kier alpha value is -1.55. The molecule has 100 valence electrons. The van der Waals surface area contributed by atoms with Crippen molar-refractivity contribution >= 4 is 28.0 Å². The molecule has 0 heterocycles. The van der Waals surface area contributed by atoms with Crippen molar-refractivity contribution in [1.82, 2.24) is 0 Å². The molecule has 0 saturated carbocycles. The maximum atomic E-state index is 13.1. The Morgan fingerprint density at radius 1 is 1.11 bits per heavy atom. The molecule has 4 heteroatoms. The second-order valence-corrected chi connectivity index (χ2v) is 7.28. The van der Waals surface area contributed by atoms with Crippen LogP contribution in [0.5, 0.6) is 0 Å². The van der Waals surface area contributed by atoms with Crippen LogP contribution in [-0.2, 0) is 11.0 Å². The smallest absolute Gasteiger partial charge is 0.144 e. The largest absolute Gasteiger partial charge is 0.234 e. The van der Waals surface area contributed by atoms with Gasteiger partial charge in [0, 0.05) is 6.21 Å². The van der Waals surface area contributed by atoms with Crippen molar-refractivity contribution < 1.29 is 8.60 Å². The Labute approximate surface area is 115 Å². The Morgan fingerprint density at radius 3 is 2.42 bits per heavy atom. The molecule has 0 spiro atoms. The van der Waals surface area contributed by atoms with Gasteiger partial charge in [-0.3, -0.25) is 0 Å². The van der Waals surface area contributed by atoms with Crippen LogP contribution in [0.4, 0.5) is 4.39 Å². The lowest BCUT2D eigenvalue weighted by atomic mass is 10.1. The van der Waals surface area contributed by atoms with E-state index in [1.807, 2.05) is 39.0 Å². The van der Waals surface area contributed by atoms with Crippen LogP contribution < -0.4 is 0 Å². The van der Waals surface area contributed by atoms with E-state index in [0.717, 1.165) is 16.3 Å². The molecule has 0 aliphatic heterocycles. The van der Waals surface area contributed by atoms with Gasteiger partial charge in [0.15, 0.2) is 0 Å². The van der Waals surface area contributed by atoms with Crippen LogP contribution in [0.3, 0.4) is 0 Å². The molecule has 1 atom stereocenters. The van der Waals surface area contributed by atoms with E-state index in [9.17, 15) is 8.60 Å². The highest BCUT2D eigenvalue weighted by molar-refractivity contribution is 7.85. The Kier molecular flexibility index (Phi) is 3.80. The van der Waals surface area contributed by atoms with Gasteiger partial charge in [-0.1, -0.05) is 18.2 Å². The van der Waals surface area contributed by atoms with Crippen molar-refractivity contribution in [2.75, 3.05) is 0 Å². The van der Waals surface area contributed by atoms with Crippen LogP contribution >= 0.6 is 0 Å². The summed E-state index contributed by atoms with van der Waals surface area (Å²) in [5.74, 6) is -0.247. The maximum absolute atomic E-state index is 13.1. The Morgan fingerprint density at radius 2 is 1.74 bits per heavy atom. The van der Waals surface area contributed by atoms with Gasteiger partial charge in [0.1, 0.15) is 16.8 Å². The predicted octanol–water partition coefficient (Wildman–Crippen LogP) is 3.86. The standard InChI is InChI=1S/C15H16FNOS/c1-15(2,3)19(18)17-10-11-4-5-13-9-14(16)7-6-12(13)8-11/h4-10H,1-3H3/t19-/m1/s1. The molecule has 2 nitrogen and oxygen atoms in total. The molecular weight excluding hydrogens is 261 g/mol. The van der Waals surface area contributed by atoms with Crippen molar-refractivity contribution in [3.63, 3.8) is 0 Å². The number of benzene rings is 2. The summed E-state index contributed by atoms with van der Waals surface area (Å²) in [6, 6.07) is 10.2. The van der Waals surface area contributed by atoms with E-state index in [1.165, 1.54) is 12.1 Å². The van der Waals surface area contributed by atoms with Crippen molar-refractivity contribution in [3.8, 4) is 0 Å². The summed E-state index contributed by atoms with van der Waals surface area (Å²) < 4.78 is 28.6. The summed E-state index contributed by atoms with van der Waals surface area (Å²) in [6.07, 6.45) is 1.60. The van der Waals surface area contributed by atoms with Gasteiger partial charge >= 0.3 is 0 Å². The number of fused-ring (bicyclic) bond motifs is 1. The minimum atomic E-state index is -1.27. The van der Waals surface area contributed by atoms with Crippen molar-refractivity contribution in [1.29, 1.82) is 0 Å². The third-order valence-electron chi connectivity index (χ3n) is 2.65. The molecule has 0 bridgehead atoms. The first kappa shape index (κ1) is 13.9. The molecule has 0 unspecified atom stereocenters. The number of nitrogens with zero attached hydrogens (tertiary/aromatic N) is 1. The molecule has 0 amide bonds. The molecule has 0 aromatic heterocycles. The molecule has 0 fully saturated rings. The van der Waals surface area contributed by atoms with Crippen molar-refractivity contribution in [3.05, 3.63) is 47.8 Å². The zero-order valence-electron chi connectivity index (χ0n) is 11.2. The predicted molar refractivity (Wildman–Crippen MR) is 79.4 cm³/mol. The van der Waals surface area contributed by atoms with E-state index >= 15 is 0 Å². The average Bonchev–Trinajstić information content (AvgIpc) is 2.34. The highest BCUT2D eigenvalue weighted by Gasteiger charge is 2.18. The summed E-state index contributed by atoms with van der Waals surface area (Å²) in [4.78, 5) is 0. The topological polar surface area (TPSA) is 29.4 Å². The fraction of sp³-hybridized carbons (Fsp3) is 0.267. The fourth-order valence-electron chi connectivity index (χ4n) is 1.58. The van der Waals surface area contributed by atoms with E-state index in [0.29, 0.717) is 0 Å². The van der Waals surface area contributed by atoms with Crippen molar-refractivity contribution in [2.45, 2.75) is 25.5 Å². The highest BCUT2D eigenvalue weighted by Crippen LogP contribution is 2.17. The summed E-state index contributed by atoms with van der Waals surface area (Å²) in [5.41, 5.74) is 0.858. The van der Waals surface area contributed by atoms with Gasteiger partial charge in [0.25, 0.3) is 0 Å². The molecule has 2 aromatic rings. The second kappa shape index (κ2) is 5.21. The number of hydrogen-bond acceptors (Lipinski definition) is 1. The number of halogens is 1. The Balaban J connectivity index is 2.30. The maximum Gasteiger partial charge on any atom is 0.144 e. The first-order chi connectivity index (χ1) is 8.86. The lowest BCUT2D eigenvalue weighted by Gasteiger charge is -2.12. The van der Waals surface area contributed by atoms with Crippen LogP contribution in [0.2, 0.25) is 0 Å². The van der Waals surface area contributed by atoms with Gasteiger partial charge in [-0.2, -0.15) is 4.40 Å². The van der Waals surface area contributed by atoms with E-state index in [4.69, 9.17) is 0 Å². The summed E-state index contributed by atoms with van der Waals surface area (Å²) >= 11 is 0. The summed E-state index contributed by atoms with van der Waals surface area (Å²) in [6.45, 7) is 5.64. The molecule has 0 saturated heterocycles. The lowest BCUT2D eigenvalue weighted by molar-refractivity contribution is 0.630. The van der Waals surface area contributed by atoms with Gasteiger partial charge in [-0.25, -0.2) is 8.60 Å². The zero-order valence-corrected chi connectivity index (χ0v) is 12.0. The van der Waals surface area contributed by atoms with Crippen LogP contribution in [0.15, 0.2) is 40.8 Å². The molecule has 19 heavy (non-hydrogen) atoms. The van der Waals surface area contributed by atoms with Gasteiger partial charge in [0.05, 0.1) is 4.75 Å². The zero-order chi connectivity index (χ0) is 14.0. The Bertz CT molecular complexity index is 659. The summed E-state index contributed by atoms with van der Waals surface area (Å²) in [7, 11) is -1.27. The monoisotopic (exact) mass is 277 g/mol. The number of rotatable bonds is 2. The molecule has 2 rings (SSSR count). The van der Waals surface area contributed by atoms with Crippen LogP contribution in [0, 0.1) is 5.82 Å². The average molecular weight is 277 g/mol. The second-order valence-electron chi connectivity index (χ2n) is 5.35. The molecule has 0 aliphatic carbocycles. The van der Waals surface area contributed by atoms with E-state index < -0.39 is 11.0 Å². The highest BCUT2D eigenvalue weighted by atomic mass is 32.2. The van der Waals surface area contributed by atoms with Crippen molar-refractivity contribution in [2.24, 2.45) is 4.40 Å². The van der Waals surface area contributed by atoms with Gasteiger partial charge in [-0.15, -0.1) is 0 Å². The molecule has 0 N–H and O–H groups in total. The third-order valence-corrected chi connectivity index (χ3v) is 3.99. The molecule has 2 aromatic carbocycles. The van der Waals surface area contributed by atoms with Gasteiger partial charge < -0.3 is 0 Å². The first-order valence-electron chi connectivity index (χ1n) is 6.02. The fourth-order valence-corrected chi connectivity index (χ4v) is 2.12. The van der Waals surface area contributed by atoms with Gasteiger partial charge in [0.2, 0.25) is 0 Å². The SMILES string of the molecule is CC(C)(C)[S@@](=O)N=Cc1ccc2cc(F)ccc2c1. The minimum absolute atomic E-state index is 0.247. The minimum Gasteiger partial charge on any atom is -0.234 e. The van der Waals surface area contributed by atoms with E-state index in [2.05, 4.69) is 4.40 Å². The normalized spacial score (nSPS) is 14.1. The van der Waals surface area contributed by atoms with E-state index in [1.54, 1.807) is 12.3 Å². The summed E-state index contributed by atoms with van der Waals surface area (Å²) in [5, 5.41) is 1.78. The molecule has 0 aliphatic rings. The molecule has 0 radical (unpaired) electrons. The quantitative estimate of drug-likeness (QED) is 0.766. The number of hydrogen-bond donors (Lipinski definition) is 0. The van der Waals surface area contributed by atoms with Crippen LogP contribution in [0.1, 0.15) is 26.3 Å². The van der Waals surface area contributed by atoms with Gasteiger partial charge in [-0.05, 0) is 55.3 Å². The molecular formula is C15H16FNOS. The van der Waals surface area contributed by atoms with Crippen LogP contribution in [0.25, 0.3) is 10.8 Å². The van der Waals surface area contributed by atoms with Crippen LogP contribution in [-0.4, -0.2) is 15.2 Å².